The van der Waals surface area contributed by atoms with Crippen LogP contribution < -0.4 is 0 Å². The zero-order valence-electron chi connectivity index (χ0n) is 14.9. The van der Waals surface area contributed by atoms with Crippen LogP contribution in [-0.4, -0.2) is 25.8 Å². The maximum Gasteiger partial charge on any atom is 0.243 e. The van der Waals surface area contributed by atoms with Gasteiger partial charge in [0.1, 0.15) is 0 Å². The van der Waals surface area contributed by atoms with Crippen LogP contribution in [0.15, 0.2) is 52.5 Å². The van der Waals surface area contributed by atoms with Crippen LogP contribution in [0.3, 0.4) is 0 Å². The van der Waals surface area contributed by atoms with Crippen molar-refractivity contribution in [3.05, 3.63) is 53.1 Å². The second kappa shape index (κ2) is 6.73. The van der Waals surface area contributed by atoms with Crippen molar-refractivity contribution >= 4 is 10.0 Å². The summed E-state index contributed by atoms with van der Waals surface area (Å²) >= 11 is 0. The average molecular weight is 358 g/mol. The van der Waals surface area contributed by atoms with E-state index in [1.165, 1.54) is 32.1 Å². The van der Waals surface area contributed by atoms with Crippen molar-refractivity contribution in [1.82, 2.24) is 4.31 Å². The summed E-state index contributed by atoms with van der Waals surface area (Å²) < 4.78 is 27.8. The Labute approximate surface area is 151 Å². The molecule has 2 aliphatic carbocycles. The molecule has 3 aliphatic rings. The number of allylic oxidation sites excluding steroid dienone is 2. The zero-order chi connectivity index (χ0) is 17.4. The van der Waals surface area contributed by atoms with Gasteiger partial charge in [-0.3, -0.25) is 0 Å². The van der Waals surface area contributed by atoms with E-state index in [-0.39, 0.29) is 0 Å². The monoisotopic (exact) mass is 357 g/mol. The maximum atomic E-state index is 13.1. The first-order chi connectivity index (χ1) is 12.1. The molecule has 1 heterocycles. The van der Waals surface area contributed by atoms with Crippen LogP contribution in [0.5, 0.6) is 0 Å². The van der Waals surface area contributed by atoms with Crippen LogP contribution in [0.2, 0.25) is 0 Å². The van der Waals surface area contributed by atoms with Crippen LogP contribution in [0, 0.1) is 18.8 Å². The molecule has 3 nitrogen and oxygen atoms in total. The van der Waals surface area contributed by atoms with E-state index >= 15 is 0 Å². The summed E-state index contributed by atoms with van der Waals surface area (Å²) in [6.45, 7) is 3.24. The van der Waals surface area contributed by atoms with E-state index in [0.717, 1.165) is 12.0 Å². The average Bonchev–Trinajstić information content (AvgIpc) is 3.08. The van der Waals surface area contributed by atoms with E-state index in [1.807, 2.05) is 19.1 Å². The van der Waals surface area contributed by atoms with E-state index < -0.39 is 10.0 Å². The van der Waals surface area contributed by atoms with Gasteiger partial charge in [0.15, 0.2) is 0 Å². The Kier molecular flexibility index (Phi) is 4.59. The molecule has 25 heavy (non-hydrogen) atoms. The Morgan fingerprint density at radius 2 is 1.72 bits per heavy atom. The number of aryl methyl sites for hydroxylation is 1. The maximum absolute atomic E-state index is 13.1. The highest BCUT2D eigenvalue weighted by atomic mass is 32.2. The number of sulfonamides is 1. The third kappa shape index (κ3) is 3.22. The lowest BCUT2D eigenvalue weighted by molar-refractivity contribution is 0.464. The van der Waals surface area contributed by atoms with Gasteiger partial charge in [-0.25, -0.2) is 8.42 Å². The molecule has 0 radical (unpaired) electrons. The molecule has 0 spiro atoms. The third-order valence-corrected chi connectivity index (χ3v) is 7.92. The van der Waals surface area contributed by atoms with Crippen LogP contribution in [-0.2, 0) is 10.0 Å². The lowest BCUT2D eigenvalue weighted by Gasteiger charge is -2.28. The summed E-state index contributed by atoms with van der Waals surface area (Å²) in [6.07, 6.45) is 11.9. The Bertz CT molecular complexity index is 797. The molecule has 2 fully saturated rings. The molecule has 1 aromatic carbocycles. The van der Waals surface area contributed by atoms with Gasteiger partial charge in [-0.2, -0.15) is 4.31 Å². The summed E-state index contributed by atoms with van der Waals surface area (Å²) in [7, 11) is -3.39. The van der Waals surface area contributed by atoms with Gasteiger partial charge in [-0.15, -0.1) is 0 Å². The summed E-state index contributed by atoms with van der Waals surface area (Å²) in [5.74, 6) is 0.733. The van der Waals surface area contributed by atoms with Crippen molar-refractivity contribution in [1.29, 1.82) is 0 Å². The molecule has 0 bridgehead atoms. The highest BCUT2D eigenvalue weighted by Crippen LogP contribution is 2.42. The van der Waals surface area contributed by atoms with Crippen LogP contribution >= 0.6 is 0 Å². The van der Waals surface area contributed by atoms with Crippen LogP contribution in [0.4, 0.5) is 0 Å². The fourth-order valence-corrected chi connectivity index (χ4v) is 6.14. The first-order valence-electron chi connectivity index (χ1n) is 9.50. The van der Waals surface area contributed by atoms with Gasteiger partial charge < -0.3 is 0 Å². The first-order valence-corrected chi connectivity index (χ1v) is 10.9. The lowest BCUT2D eigenvalue weighted by atomic mass is 9.77. The molecule has 0 amide bonds. The molecule has 1 saturated carbocycles. The predicted octanol–water partition coefficient (Wildman–Crippen LogP) is 4.45. The number of fused-ring (bicyclic) bond motifs is 1. The molecule has 134 valence electrons. The molecular weight excluding hydrogens is 330 g/mol. The largest absolute Gasteiger partial charge is 0.243 e. The highest BCUT2D eigenvalue weighted by Gasteiger charge is 2.41. The van der Waals surface area contributed by atoms with Crippen molar-refractivity contribution < 1.29 is 8.42 Å². The second-order valence-electron chi connectivity index (χ2n) is 7.73. The van der Waals surface area contributed by atoms with E-state index in [1.54, 1.807) is 27.6 Å². The standard InChI is InChI=1S/C21H27NO2S/c1-16-10-12-19(13-11-16)25(23,24)22-14-18-8-5-9-20(21(18)15-22)17-6-3-2-4-7-17/h5,8,10-13,18,21H,2-4,6-7,9,14-15H2,1H3/t18-,21-/m0/s1. The van der Waals surface area contributed by atoms with E-state index in [9.17, 15) is 8.42 Å². The van der Waals surface area contributed by atoms with Gasteiger partial charge in [0.2, 0.25) is 10.0 Å². The highest BCUT2D eigenvalue weighted by molar-refractivity contribution is 7.89. The molecule has 0 unspecified atom stereocenters. The smallest absolute Gasteiger partial charge is 0.207 e. The summed E-state index contributed by atoms with van der Waals surface area (Å²) in [5.41, 5.74) is 4.26. The summed E-state index contributed by atoms with van der Waals surface area (Å²) in [4.78, 5) is 0.424. The Balaban J connectivity index is 1.61. The quantitative estimate of drug-likeness (QED) is 0.733. The van der Waals surface area contributed by atoms with Gasteiger partial charge >= 0.3 is 0 Å². The normalized spacial score (nSPS) is 27.6. The molecule has 4 heteroatoms. The number of hydrogen-bond donors (Lipinski definition) is 0. The SMILES string of the molecule is Cc1ccc(S(=O)(=O)N2C[C@@H]3C(=C4CCCCC4)CC=C[C@H]3C2)cc1. The van der Waals surface area contributed by atoms with E-state index in [2.05, 4.69) is 12.2 Å². The van der Waals surface area contributed by atoms with Gasteiger partial charge in [-0.1, -0.05) is 47.4 Å². The molecule has 1 saturated heterocycles. The minimum absolute atomic E-state index is 0.346. The number of hydrogen-bond acceptors (Lipinski definition) is 2. The number of rotatable bonds is 2. The fraction of sp³-hybridized carbons (Fsp3) is 0.524. The number of benzene rings is 1. The molecule has 0 aromatic heterocycles. The van der Waals surface area contributed by atoms with Crippen molar-refractivity contribution in [2.45, 2.75) is 50.3 Å². The Hall–Kier alpha value is -1.39. The predicted molar refractivity (Wildman–Crippen MR) is 101 cm³/mol. The zero-order valence-corrected chi connectivity index (χ0v) is 15.8. The van der Waals surface area contributed by atoms with Gasteiger partial charge in [0.25, 0.3) is 0 Å². The fourth-order valence-electron chi connectivity index (χ4n) is 4.64. The first kappa shape index (κ1) is 17.0. The minimum atomic E-state index is -3.39. The van der Waals surface area contributed by atoms with Crippen molar-refractivity contribution in [3.63, 3.8) is 0 Å². The van der Waals surface area contributed by atoms with Gasteiger partial charge in [-0.05, 0) is 57.1 Å². The molecule has 2 atom stereocenters. The minimum Gasteiger partial charge on any atom is -0.207 e. The second-order valence-corrected chi connectivity index (χ2v) is 9.67. The molecule has 1 aromatic rings. The summed E-state index contributed by atoms with van der Waals surface area (Å²) in [5, 5.41) is 0. The Morgan fingerprint density at radius 3 is 2.44 bits per heavy atom. The van der Waals surface area contributed by atoms with Gasteiger partial charge in [0.05, 0.1) is 4.90 Å². The van der Waals surface area contributed by atoms with Crippen molar-refractivity contribution in [3.8, 4) is 0 Å². The molecule has 0 N–H and O–H groups in total. The molecular formula is C21H27NO2S. The molecule has 1 aliphatic heterocycles. The lowest BCUT2D eigenvalue weighted by Crippen LogP contribution is -2.29. The van der Waals surface area contributed by atoms with Crippen molar-refractivity contribution in [2.75, 3.05) is 13.1 Å². The molecule has 4 rings (SSSR count). The van der Waals surface area contributed by atoms with Gasteiger partial charge in [0, 0.05) is 19.0 Å². The topological polar surface area (TPSA) is 37.4 Å². The van der Waals surface area contributed by atoms with Crippen molar-refractivity contribution in [2.24, 2.45) is 11.8 Å². The Morgan fingerprint density at radius 1 is 1.00 bits per heavy atom. The van der Waals surface area contributed by atoms with Crippen LogP contribution in [0.25, 0.3) is 0 Å². The number of nitrogens with zero attached hydrogens (tertiary/aromatic N) is 1. The third-order valence-electron chi connectivity index (χ3n) is 6.07. The summed E-state index contributed by atoms with van der Waals surface area (Å²) in [6, 6.07) is 7.24. The van der Waals surface area contributed by atoms with E-state index in [4.69, 9.17) is 0 Å². The van der Waals surface area contributed by atoms with Crippen LogP contribution in [0.1, 0.15) is 44.1 Å². The van der Waals surface area contributed by atoms with E-state index in [0.29, 0.717) is 29.8 Å².